The fourth-order valence-corrected chi connectivity index (χ4v) is 2.37. The number of carbonyl (C=O) groups is 1. The van der Waals surface area contributed by atoms with Crippen LogP contribution in [0.15, 0.2) is 29.4 Å². The number of carbonyl (C=O) groups excluding carboxylic acids is 1. The summed E-state index contributed by atoms with van der Waals surface area (Å²) >= 11 is 0. The molecule has 0 unspecified atom stereocenters. The number of benzene rings is 1. The lowest BCUT2D eigenvalue weighted by molar-refractivity contribution is 0.0211. The molecule has 2 rings (SSSR count). The molecule has 0 N–H and O–H groups in total. The van der Waals surface area contributed by atoms with Crippen molar-refractivity contribution in [3.05, 3.63) is 35.4 Å². The lowest BCUT2D eigenvalue weighted by Gasteiger charge is -2.22. The number of nitrogens with zero attached hydrogens (tertiary/aromatic N) is 2. The smallest absolute Gasteiger partial charge is 0.339 e. The quantitative estimate of drug-likeness (QED) is 0.481. The highest BCUT2D eigenvalue weighted by Gasteiger charge is 2.19. The Balaban J connectivity index is 2.08. The van der Waals surface area contributed by atoms with Gasteiger partial charge in [0.25, 0.3) is 0 Å². The van der Waals surface area contributed by atoms with Gasteiger partial charge in [-0.1, -0.05) is 24.6 Å². The molecule has 0 spiro atoms. The summed E-state index contributed by atoms with van der Waals surface area (Å²) in [5, 5.41) is 5.88. The lowest BCUT2D eigenvalue weighted by Crippen LogP contribution is -2.21. The van der Waals surface area contributed by atoms with Gasteiger partial charge in [-0.25, -0.2) is 4.79 Å². The minimum Gasteiger partial charge on any atom is -0.459 e. The van der Waals surface area contributed by atoms with Crippen LogP contribution in [0.2, 0.25) is 0 Å². The Kier molecular flexibility index (Phi) is 5.16. The molecular weight excluding hydrogens is 252 g/mol. The van der Waals surface area contributed by atoms with E-state index in [1.165, 1.54) is 6.42 Å². The van der Waals surface area contributed by atoms with Gasteiger partial charge in [0.15, 0.2) is 0 Å². The molecule has 4 heteroatoms. The van der Waals surface area contributed by atoms with Crippen molar-refractivity contribution in [3.63, 3.8) is 0 Å². The average Bonchev–Trinajstić information content (AvgIpc) is 2.46. The summed E-state index contributed by atoms with van der Waals surface area (Å²) in [7, 11) is 3.69. The first-order valence-electron chi connectivity index (χ1n) is 7.18. The lowest BCUT2D eigenvalue weighted by atomic mass is 9.97. The van der Waals surface area contributed by atoms with Crippen molar-refractivity contribution < 1.29 is 9.53 Å². The van der Waals surface area contributed by atoms with Gasteiger partial charge >= 0.3 is 5.97 Å². The Labute approximate surface area is 120 Å². The molecule has 0 aromatic heterocycles. The van der Waals surface area contributed by atoms with Gasteiger partial charge in [-0.15, -0.1) is 0 Å². The largest absolute Gasteiger partial charge is 0.459 e. The Morgan fingerprint density at radius 1 is 1.25 bits per heavy atom. The molecule has 1 aromatic rings. The van der Waals surface area contributed by atoms with Crippen LogP contribution in [0.4, 0.5) is 0 Å². The fraction of sp³-hybridized carbons (Fsp3) is 0.500. The van der Waals surface area contributed by atoms with Gasteiger partial charge in [0.2, 0.25) is 0 Å². The van der Waals surface area contributed by atoms with Gasteiger partial charge in [-0.3, -0.25) is 0 Å². The van der Waals surface area contributed by atoms with E-state index >= 15 is 0 Å². The molecule has 0 amide bonds. The number of hydrazone groups is 1. The number of hydrogen-bond acceptors (Lipinski definition) is 4. The molecule has 4 nitrogen and oxygen atoms in total. The van der Waals surface area contributed by atoms with E-state index in [1.54, 1.807) is 17.3 Å². The average molecular weight is 274 g/mol. The van der Waals surface area contributed by atoms with Crippen molar-refractivity contribution in [1.82, 2.24) is 5.01 Å². The summed E-state index contributed by atoms with van der Waals surface area (Å²) in [6, 6.07) is 7.42. The maximum Gasteiger partial charge on any atom is 0.339 e. The molecule has 1 fully saturated rings. The fourth-order valence-electron chi connectivity index (χ4n) is 2.37. The first-order chi connectivity index (χ1) is 9.66. The van der Waals surface area contributed by atoms with Crippen molar-refractivity contribution in [3.8, 4) is 0 Å². The van der Waals surface area contributed by atoms with Gasteiger partial charge in [-0.2, -0.15) is 5.10 Å². The molecule has 0 radical (unpaired) electrons. The highest BCUT2D eigenvalue weighted by Crippen LogP contribution is 2.22. The molecule has 1 aliphatic rings. The SMILES string of the molecule is CN(C)/N=C/c1ccccc1C(=O)OC1CCCCC1. The number of ether oxygens (including phenoxy) is 1. The third-order valence-electron chi connectivity index (χ3n) is 3.43. The van der Waals surface area contributed by atoms with Crippen molar-refractivity contribution in [2.45, 2.75) is 38.2 Å². The van der Waals surface area contributed by atoms with Crippen molar-refractivity contribution in [2.24, 2.45) is 5.10 Å². The van der Waals surface area contributed by atoms with Crippen LogP contribution in [0.1, 0.15) is 48.0 Å². The standard InChI is InChI=1S/C16H22N2O2/c1-18(2)17-12-13-8-6-7-11-15(13)16(19)20-14-9-4-3-5-10-14/h6-8,11-12,14H,3-5,9-10H2,1-2H3/b17-12+. The topological polar surface area (TPSA) is 41.9 Å². The molecule has 108 valence electrons. The Bertz CT molecular complexity index is 477. The van der Waals surface area contributed by atoms with Crippen LogP contribution in [-0.2, 0) is 4.74 Å². The predicted octanol–water partition coefficient (Wildman–Crippen LogP) is 3.07. The summed E-state index contributed by atoms with van der Waals surface area (Å²) in [4.78, 5) is 12.3. The van der Waals surface area contributed by atoms with E-state index in [0.29, 0.717) is 5.56 Å². The number of esters is 1. The van der Waals surface area contributed by atoms with Gasteiger partial charge in [0.1, 0.15) is 6.10 Å². The van der Waals surface area contributed by atoms with E-state index < -0.39 is 0 Å². The van der Waals surface area contributed by atoms with E-state index in [9.17, 15) is 4.79 Å². The zero-order chi connectivity index (χ0) is 14.4. The molecule has 0 heterocycles. The molecule has 0 atom stereocenters. The third kappa shape index (κ3) is 4.08. The zero-order valence-electron chi connectivity index (χ0n) is 12.2. The first-order valence-corrected chi connectivity index (χ1v) is 7.18. The summed E-state index contributed by atoms with van der Waals surface area (Å²) in [6.45, 7) is 0. The zero-order valence-corrected chi connectivity index (χ0v) is 12.2. The Morgan fingerprint density at radius 2 is 1.95 bits per heavy atom. The van der Waals surface area contributed by atoms with Gasteiger partial charge in [0.05, 0.1) is 11.8 Å². The highest BCUT2D eigenvalue weighted by molar-refractivity contribution is 5.99. The van der Waals surface area contributed by atoms with Gasteiger partial charge in [0, 0.05) is 19.7 Å². The maximum absolute atomic E-state index is 12.3. The number of rotatable bonds is 4. The normalized spacial score (nSPS) is 16.3. The predicted molar refractivity (Wildman–Crippen MR) is 80.0 cm³/mol. The summed E-state index contributed by atoms with van der Waals surface area (Å²) < 4.78 is 5.61. The second-order valence-electron chi connectivity index (χ2n) is 5.34. The monoisotopic (exact) mass is 274 g/mol. The summed E-state index contributed by atoms with van der Waals surface area (Å²) in [5.41, 5.74) is 1.38. The third-order valence-corrected chi connectivity index (χ3v) is 3.43. The van der Waals surface area contributed by atoms with Crippen molar-refractivity contribution in [1.29, 1.82) is 0 Å². The van der Waals surface area contributed by atoms with Crippen LogP contribution in [0.3, 0.4) is 0 Å². The van der Waals surface area contributed by atoms with Gasteiger partial charge < -0.3 is 9.75 Å². The molecular formula is C16H22N2O2. The molecule has 1 aromatic carbocycles. The van der Waals surface area contributed by atoms with Crippen LogP contribution in [0, 0.1) is 0 Å². The van der Waals surface area contributed by atoms with Crippen LogP contribution in [0.25, 0.3) is 0 Å². The van der Waals surface area contributed by atoms with Crippen molar-refractivity contribution in [2.75, 3.05) is 14.1 Å². The van der Waals surface area contributed by atoms with Crippen LogP contribution in [-0.4, -0.2) is 37.4 Å². The highest BCUT2D eigenvalue weighted by atomic mass is 16.5. The Hall–Kier alpha value is -1.84. The molecule has 0 saturated heterocycles. The summed E-state index contributed by atoms with van der Waals surface area (Å²) in [5.74, 6) is -0.238. The van der Waals surface area contributed by atoms with Crippen LogP contribution >= 0.6 is 0 Å². The van der Waals surface area contributed by atoms with E-state index in [-0.39, 0.29) is 12.1 Å². The molecule has 1 saturated carbocycles. The Morgan fingerprint density at radius 3 is 2.65 bits per heavy atom. The molecule has 20 heavy (non-hydrogen) atoms. The van der Waals surface area contributed by atoms with E-state index in [4.69, 9.17) is 4.74 Å². The van der Waals surface area contributed by atoms with Crippen molar-refractivity contribution >= 4 is 12.2 Å². The second kappa shape index (κ2) is 7.08. The van der Waals surface area contributed by atoms with Crippen LogP contribution in [0.5, 0.6) is 0 Å². The van der Waals surface area contributed by atoms with E-state index in [1.807, 2.05) is 32.3 Å². The maximum atomic E-state index is 12.3. The van der Waals surface area contributed by atoms with E-state index in [2.05, 4.69) is 5.10 Å². The first kappa shape index (κ1) is 14.6. The van der Waals surface area contributed by atoms with E-state index in [0.717, 1.165) is 31.2 Å². The molecule has 1 aliphatic carbocycles. The molecule has 0 bridgehead atoms. The number of hydrogen-bond donors (Lipinski definition) is 0. The molecule has 0 aliphatic heterocycles. The minimum absolute atomic E-state index is 0.0788. The minimum atomic E-state index is -0.238. The second-order valence-corrected chi connectivity index (χ2v) is 5.34. The van der Waals surface area contributed by atoms with Crippen LogP contribution < -0.4 is 0 Å². The summed E-state index contributed by atoms with van der Waals surface area (Å²) in [6.07, 6.45) is 7.30. The van der Waals surface area contributed by atoms with Gasteiger partial charge in [-0.05, 0) is 31.7 Å².